The maximum atomic E-state index is 4.74. The number of halogens is 1. The SMILES string of the molecule is BrCC1=CC2=NC1=CC1=NC(=CC3=NC(=CC4=NC(=C2)C=C4)C=C3)C=C1. The van der Waals surface area contributed by atoms with Gasteiger partial charge in [0.05, 0.1) is 45.6 Å². The van der Waals surface area contributed by atoms with Crippen molar-refractivity contribution in [2.24, 2.45) is 20.0 Å². The molecule has 5 heterocycles. The minimum atomic E-state index is 0.743. The molecule has 0 saturated carbocycles. The number of rotatable bonds is 1. The van der Waals surface area contributed by atoms with Gasteiger partial charge in [-0.2, -0.15) is 0 Å². The van der Waals surface area contributed by atoms with E-state index >= 15 is 0 Å². The second-order valence-corrected chi connectivity index (χ2v) is 6.75. The van der Waals surface area contributed by atoms with E-state index in [0.717, 1.165) is 56.5 Å². The van der Waals surface area contributed by atoms with Crippen LogP contribution in [0.2, 0.25) is 0 Å². The van der Waals surface area contributed by atoms with Crippen LogP contribution in [0, 0.1) is 0 Å². The number of alkyl halides is 1. The highest BCUT2D eigenvalue weighted by atomic mass is 79.9. The summed E-state index contributed by atoms with van der Waals surface area (Å²) in [5.74, 6) is 0. The van der Waals surface area contributed by atoms with Crippen LogP contribution in [0.5, 0.6) is 0 Å². The zero-order valence-electron chi connectivity index (χ0n) is 13.7. The minimum absolute atomic E-state index is 0.743. The summed E-state index contributed by atoms with van der Waals surface area (Å²) in [6.45, 7) is 0. The first-order valence-electron chi connectivity index (χ1n) is 8.28. The van der Waals surface area contributed by atoms with Crippen molar-refractivity contribution in [2.75, 3.05) is 5.33 Å². The first kappa shape index (κ1) is 15.3. The highest BCUT2D eigenvalue weighted by Gasteiger charge is 2.15. The first-order valence-corrected chi connectivity index (χ1v) is 9.40. The Bertz CT molecular complexity index is 1090. The molecule has 0 radical (unpaired) electrons. The van der Waals surface area contributed by atoms with Gasteiger partial charge < -0.3 is 0 Å². The van der Waals surface area contributed by atoms with Crippen molar-refractivity contribution in [1.29, 1.82) is 0 Å². The van der Waals surface area contributed by atoms with Gasteiger partial charge in [0, 0.05) is 5.33 Å². The summed E-state index contributed by atoms with van der Waals surface area (Å²) in [4.78, 5) is 18.6. The Morgan fingerprint density at radius 2 is 1.04 bits per heavy atom. The van der Waals surface area contributed by atoms with Gasteiger partial charge in [-0.05, 0) is 72.4 Å². The van der Waals surface area contributed by atoms with E-state index in [-0.39, 0.29) is 0 Å². The summed E-state index contributed by atoms with van der Waals surface area (Å²) in [6, 6.07) is 0. The summed E-state index contributed by atoms with van der Waals surface area (Å²) in [7, 11) is 0. The highest BCUT2D eigenvalue weighted by Crippen LogP contribution is 2.25. The Labute approximate surface area is 159 Å². The maximum absolute atomic E-state index is 4.74. The van der Waals surface area contributed by atoms with Crippen LogP contribution in [0.25, 0.3) is 0 Å². The summed E-state index contributed by atoms with van der Waals surface area (Å²) in [5, 5.41) is 0.743. The fraction of sp³-hybridized carbons (Fsp3) is 0.0476. The maximum Gasteiger partial charge on any atom is 0.0699 e. The van der Waals surface area contributed by atoms with Gasteiger partial charge >= 0.3 is 0 Å². The van der Waals surface area contributed by atoms with Gasteiger partial charge in [0.25, 0.3) is 0 Å². The summed E-state index contributed by atoms with van der Waals surface area (Å²) < 4.78 is 0. The quantitative estimate of drug-likeness (QED) is 0.587. The van der Waals surface area contributed by atoms with Gasteiger partial charge in [-0.15, -0.1) is 0 Å². The lowest BCUT2D eigenvalue weighted by Gasteiger charge is -1.98. The lowest BCUT2D eigenvalue weighted by atomic mass is 10.2. The predicted molar refractivity (Wildman–Crippen MR) is 111 cm³/mol. The zero-order valence-corrected chi connectivity index (χ0v) is 15.3. The predicted octanol–water partition coefficient (Wildman–Crippen LogP) is 4.34. The van der Waals surface area contributed by atoms with Gasteiger partial charge in [-0.1, -0.05) is 15.9 Å². The molecule has 5 aliphatic rings. The summed E-state index contributed by atoms with van der Waals surface area (Å²) >= 11 is 3.55. The van der Waals surface area contributed by atoms with Crippen molar-refractivity contribution < 1.29 is 0 Å². The van der Waals surface area contributed by atoms with Gasteiger partial charge in [0.15, 0.2) is 0 Å². The van der Waals surface area contributed by atoms with Crippen LogP contribution < -0.4 is 0 Å². The summed E-state index contributed by atoms with van der Waals surface area (Å²) in [6.07, 6.45) is 22.0. The van der Waals surface area contributed by atoms with Crippen LogP contribution in [-0.4, -0.2) is 28.2 Å². The Kier molecular flexibility index (Phi) is 3.60. The lowest BCUT2D eigenvalue weighted by molar-refractivity contribution is 1.35. The molecule has 0 fully saturated rings. The summed E-state index contributed by atoms with van der Waals surface area (Å²) in [5.41, 5.74) is 8.30. The monoisotopic (exact) mass is 400 g/mol. The largest absolute Gasteiger partial charge is 0.249 e. The van der Waals surface area contributed by atoms with E-state index in [9.17, 15) is 0 Å². The van der Waals surface area contributed by atoms with Gasteiger partial charge in [0.1, 0.15) is 0 Å². The fourth-order valence-electron chi connectivity index (χ4n) is 3.06. The van der Waals surface area contributed by atoms with E-state index in [1.165, 1.54) is 0 Å². The molecule has 0 aliphatic carbocycles. The second-order valence-electron chi connectivity index (χ2n) is 6.19. The van der Waals surface area contributed by atoms with Crippen molar-refractivity contribution in [1.82, 2.24) is 0 Å². The molecule has 0 N–H and O–H groups in total. The average Bonchev–Trinajstić information content (AvgIpc) is 3.39. The number of fused-ring (bicyclic) bond motifs is 4. The molecule has 5 aliphatic heterocycles. The lowest BCUT2D eigenvalue weighted by Crippen LogP contribution is -1.90. The molecule has 0 spiro atoms. The van der Waals surface area contributed by atoms with E-state index in [2.05, 4.69) is 37.0 Å². The van der Waals surface area contributed by atoms with Crippen LogP contribution >= 0.6 is 15.9 Å². The van der Waals surface area contributed by atoms with E-state index < -0.39 is 0 Å². The van der Waals surface area contributed by atoms with Gasteiger partial charge in [-0.25, -0.2) is 20.0 Å². The molecule has 0 atom stereocenters. The third kappa shape index (κ3) is 2.91. The Morgan fingerprint density at radius 3 is 1.58 bits per heavy atom. The van der Waals surface area contributed by atoms with E-state index in [0.29, 0.717) is 0 Å². The first-order chi connectivity index (χ1) is 12.7. The molecule has 8 bridgehead atoms. The molecule has 5 rings (SSSR count). The van der Waals surface area contributed by atoms with Crippen molar-refractivity contribution in [3.05, 3.63) is 95.2 Å². The normalized spacial score (nSPS) is 22.3. The molecule has 0 amide bonds. The molecule has 5 heteroatoms. The molecule has 124 valence electrons. The second kappa shape index (κ2) is 6.11. The number of allylic oxidation sites excluding steroid dienone is 12. The van der Waals surface area contributed by atoms with Gasteiger partial charge in [0.2, 0.25) is 0 Å². The van der Waals surface area contributed by atoms with Crippen molar-refractivity contribution in [3.63, 3.8) is 0 Å². The Morgan fingerprint density at radius 1 is 0.538 bits per heavy atom. The molecular formula is C21H13BrN4. The third-order valence-electron chi connectivity index (χ3n) is 4.27. The standard InChI is InChI=1S/C21H13BrN4/c22-12-13-7-20-10-18-4-3-16(24-18)8-14-1-2-15(23-14)9-17-5-6-19(25-17)11-21(13)26-20/h1-11H,12H2. The highest BCUT2D eigenvalue weighted by molar-refractivity contribution is 9.09. The molecule has 26 heavy (non-hydrogen) atoms. The van der Waals surface area contributed by atoms with E-state index in [4.69, 9.17) is 4.99 Å². The van der Waals surface area contributed by atoms with Crippen LogP contribution in [0.3, 0.4) is 0 Å². The van der Waals surface area contributed by atoms with Crippen LogP contribution in [0.15, 0.2) is 115 Å². The van der Waals surface area contributed by atoms with Crippen LogP contribution in [0.4, 0.5) is 0 Å². The van der Waals surface area contributed by atoms with E-state index in [1.807, 2.05) is 60.8 Å². The van der Waals surface area contributed by atoms with Gasteiger partial charge in [-0.3, -0.25) is 0 Å². The van der Waals surface area contributed by atoms with E-state index in [1.54, 1.807) is 0 Å². The molecular weight excluding hydrogens is 388 g/mol. The van der Waals surface area contributed by atoms with Crippen LogP contribution in [0.1, 0.15) is 0 Å². The fourth-order valence-corrected chi connectivity index (χ4v) is 3.51. The van der Waals surface area contributed by atoms with Crippen molar-refractivity contribution in [2.45, 2.75) is 0 Å². The Hall–Kier alpha value is -2.92. The molecule has 0 aromatic carbocycles. The zero-order chi connectivity index (χ0) is 17.5. The average molecular weight is 401 g/mol. The minimum Gasteiger partial charge on any atom is -0.249 e. The number of nitrogens with zero attached hydrogens (tertiary/aromatic N) is 4. The number of hydrogen-bond donors (Lipinski definition) is 0. The smallest absolute Gasteiger partial charge is 0.0699 e. The van der Waals surface area contributed by atoms with Crippen LogP contribution in [-0.2, 0) is 0 Å². The third-order valence-corrected chi connectivity index (χ3v) is 4.87. The number of aliphatic imine (C=N–C) groups is 4. The Balaban J connectivity index is 1.66. The topological polar surface area (TPSA) is 49.4 Å². The van der Waals surface area contributed by atoms with Crippen molar-refractivity contribution in [3.8, 4) is 0 Å². The molecule has 0 unspecified atom stereocenters. The number of hydrogen-bond acceptors (Lipinski definition) is 4. The molecule has 0 saturated heterocycles. The molecule has 4 nitrogen and oxygen atoms in total. The molecule has 0 aromatic rings. The van der Waals surface area contributed by atoms with Crippen molar-refractivity contribution >= 4 is 38.8 Å². The molecule has 0 aromatic heterocycles.